The summed E-state index contributed by atoms with van der Waals surface area (Å²) in [5, 5.41) is 1.61. The second-order valence-electron chi connectivity index (χ2n) is 7.58. The van der Waals surface area contributed by atoms with Crippen LogP contribution in [0.4, 0.5) is 0 Å². The number of aromatic nitrogens is 2. The summed E-state index contributed by atoms with van der Waals surface area (Å²) in [6.07, 6.45) is 2.25. The second kappa shape index (κ2) is 7.89. The van der Waals surface area contributed by atoms with Crippen LogP contribution < -0.4 is 5.76 Å². The number of hydrogen-bond donors (Lipinski definition) is 0. The number of rotatable bonds is 4. The summed E-state index contributed by atoms with van der Waals surface area (Å²) in [6.45, 7) is 1.71. The first kappa shape index (κ1) is 19.3. The van der Waals surface area contributed by atoms with Crippen LogP contribution in [0.25, 0.3) is 21.3 Å². The van der Waals surface area contributed by atoms with Crippen LogP contribution in [0.2, 0.25) is 5.02 Å². The lowest BCUT2D eigenvalue weighted by Gasteiger charge is -2.32. The number of para-hydroxylation sites is 1. The number of likely N-dealkylation sites (tertiary alicyclic amines) is 1. The number of carbonyl (C=O) groups is 1. The van der Waals surface area contributed by atoms with Crippen LogP contribution >= 0.6 is 22.9 Å². The minimum atomic E-state index is -0.467. The lowest BCUT2D eigenvalue weighted by atomic mass is 9.98. The molecule has 0 unspecified atom stereocenters. The molecule has 2 aromatic heterocycles. The summed E-state index contributed by atoms with van der Waals surface area (Å²) in [5.41, 5.74) is 2.12. The van der Waals surface area contributed by atoms with Gasteiger partial charge in [0, 0.05) is 43.1 Å². The van der Waals surface area contributed by atoms with Gasteiger partial charge in [0.25, 0.3) is 0 Å². The molecule has 0 bridgehead atoms. The van der Waals surface area contributed by atoms with Crippen LogP contribution in [0.5, 0.6) is 0 Å². The fraction of sp³-hybridized carbons (Fsp3) is 0.318. The molecular formula is C22H20ClN3O3S. The lowest BCUT2D eigenvalue weighted by Crippen LogP contribution is -2.39. The molecule has 1 atom stereocenters. The molecule has 3 heterocycles. The molecule has 1 amide bonds. The highest BCUT2D eigenvalue weighted by Crippen LogP contribution is 2.33. The van der Waals surface area contributed by atoms with E-state index >= 15 is 0 Å². The van der Waals surface area contributed by atoms with Crippen molar-refractivity contribution >= 4 is 50.2 Å². The summed E-state index contributed by atoms with van der Waals surface area (Å²) in [7, 11) is 0. The van der Waals surface area contributed by atoms with Crippen LogP contribution in [-0.2, 0) is 11.3 Å². The molecule has 1 fully saturated rings. The third kappa shape index (κ3) is 3.63. The topological polar surface area (TPSA) is 68.3 Å². The Bertz CT molecular complexity index is 1260. The van der Waals surface area contributed by atoms with Gasteiger partial charge in [-0.2, -0.15) is 0 Å². The maximum Gasteiger partial charge on any atom is 0.419 e. The molecule has 1 saturated heterocycles. The average Bonchev–Trinajstić information content (AvgIpc) is 3.32. The molecule has 0 radical (unpaired) electrons. The average molecular weight is 442 g/mol. The van der Waals surface area contributed by atoms with Gasteiger partial charge in [-0.1, -0.05) is 23.7 Å². The van der Waals surface area contributed by atoms with E-state index < -0.39 is 5.76 Å². The maximum absolute atomic E-state index is 12.9. The molecule has 6 nitrogen and oxygen atoms in total. The normalized spacial score (nSPS) is 17.1. The maximum atomic E-state index is 12.9. The summed E-state index contributed by atoms with van der Waals surface area (Å²) >= 11 is 7.68. The van der Waals surface area contributed by atoms with E-state index in [9.17, 15) is 9.59 Å². The minimum Gasteiger partial charge on any atom is -0.408 e. The Balaban J connectivity index is 1.28. The zero-order valence-electron chi connectivity index (χ0n) is 16.2. The van der Waals surface area contributed by atoms with Crippen molar-refractivity contribution < 1.29 is 9.21 Å². The number of hydrogen-bond acceptors (Lipinski definition) is 5. The summed E-state index contributed by atoms with van der Waals surface area (Å²) in [6, 6.07) is 13.2. The molecule has 2 aromatic carbocycles. The molecule has 4 aromatic rings. The number of fused-ring (bicyclic) bond motifs is 2. The van der Waals surface area contributed by atoms with Gasteiger partial charge in [0.1, 0.15) is 0 Å². The van der Waals surface area contributed by atoms with E-state index in [1.165, 1.54) is 9.27 Å². The predicted molar refractivity (Wildman–Crippen MR) is 118 cm³/mol. The van der Waals surface area contributed by atoms with Gasteiger partial charge in [0.2, 0.25) is 5.91 Å². The second-order valence-corrected chi connectivity index (χ2v) is 9.08. The van der Waals surface area contributed by atoms with Crippen molar-refractivity contribution in [1.29, 1.82) is 0 Å². The Hall–Kier alpha value is -2.64. The Labute approximate surface area is 181 Å². The fourth-order valence-electron chi connectivity index (χ4n) is 4.09. The Morgan fingerprint density at radius 3 is 3.00 bits per heavy atom. The molecule has 1 aliphatic rings. The van der Waals surface area contributed by atoms with Gasteiger partial charge in [-0.3, -0.25) is 9.36 Å². The largest absolute Gasteiger partial charge is 0.419 e. The van der Waals surface area contributed by atoms with Gasteiger partial charge in [0.05, 0.1) is 20.7 Å². The predicted octanol–water partition coefficient (Wildman–Crippen LogP) is 4.65. The first-order chi connectivity index (χ1) is 14.6. The van der Waals surface area contributed by atoms with Crippen LogP contribution in [-0.4, -0.2) is 33.4 Å². The van der Waals surface area contributed by atoms with E-state index in [1.54, 1.807) is 29.5 Å². The number of carbonyl (C=O) groups excluding carboxylic acids is 1. The van der Waals surface area contributed by atoms with E-state index in [0.717, 1.165) is 29.9 Å². The van der Waals surface area contributed by atoms with Crippen LogP contribution in [0.15, 0.2) is 51.7 Å². The zero-order valence-corrected chi connectivity index (χ0v) is 17.8. The number of piperidine rings is 1. The van der Waals surface area contributed by atoms with Crippen LogP contribution in [0.3, 0.4) is 0 Å². The van der Waals surface area contributed by atoms with Crippen molar-refractivity contribution in [3.05, 3.63) is 63.0 Å². The highest BCUT2D eigenvalue weighted by molar-refractivity contribution is 7.18. The monoisotopic (exact) mass is 441 g/mol. The Morgan fingerprint density at radius 2 is 2.13 bits per heavy atom. The number of oxazole rings is 1. The molecule has 0 N–H and O–H groups in total. The van der Waals surface area contributed by atoms with E-state index in [2.05, 4.69) is 6.07 Å². The minimum absolute atomic E-state index is 0.0519. The molecule has 5 rings (SSSR count). The molecule has 30 heavy (non-hydrogen) atoms. The molecule has 154 valence electrons. The fourth-order valence-corrected chi connectivity index (χ4v) is 5.34. The van der Waals surface area contributed by atoms with Crippen molar-refractivity contribution in [2.45, 2.75) is 31.7 Å². The van der Waals surface area contributed by atoms with E-state index in [-0.39, 0.29) is 24.8 Å². The number of benzene rings is 2. The molecule has 0 spiro atoms. The quantitative estimate of drug-likeness (QED) is 0.462. The van der Waals surface area contributed by atoms with Crippen LogP contribution in [0.1, 0.15) is 30.2 Å². The Kier molecular flexibility index (Phi) is 5.08. The standard InChI is InChI=1S/C22H20ClN3O3S/c23-15-7-8-17-18(12-15)29-22(28)26(17)11-9-20(27)25-10-3-4-14(13-25)21-24-16-5-1-2-6-19(16)30-21/h1-2,5-8,12,14H,3-4,9-11,13H2/t14-/m0/s1. The Morgan fingerprint density at radius 1 is 1.27 bits per heavy atom. The van der Waals surface area contributed by atoms with Gasteiger partial charge in [-0.15, -0.1) is 11.3 Å². The highest BCUT2D eigenvalue weighted by Gasteiger charge is 2.27. The van der Waals surface area contributed by atoms with Crippen molar-refractivity contribution in [3.8, 4) is 0 Å². The highest BCUT2D eigenvalue weighted by atomic mass is 35.5. The van der Waals surface area contributed by atoms with Gasteiger partial charge in [-0.05, 0) is 37.1 Å². The lowest BCUT2D eigenvalue weighted by molar-refractivity contribution is -0.132. The van der Waals surface area contributed by atoms with Crippen molar-refractivity contribution in [1.82, 2.24) is 14.5 Å². The molecule has 1 aliphatic heterocycles. The number of halogens is 1. The smallest absolute Gasteiger partial charge is 0.408 e. The summed E-state index contributed by atoms with van der Waals surface area (Å²) in [4.78, 5) is 31.8. The number of aryl methyl sites for hydroxylation is 1. The summed E-state index contributed by atoms with van der Waals surface area (Å²) in [5.74, 6) is -0.151. The molecule has 0 aliphatic carbocycles. The van der Waals surface area contributed by atoms with E-state index in [1.807, 2.05) is 23.1 Å². The first-order valence-corrected chi connectivity index (χ1v) is 11.2. The SMILES string of the molecule is O=C(CCn1c(=O)oc2cc(Cl)ccc21)N1CCC[C@H](c2nc3ccccc3s2)C1. The van der Waals surface area contributed by atoms with Crippen molar-refractivity contribution in [2.75, 3.05) is 13.1 Å². The van der Waals surface area contributed by atoms with Gasteiger partial charge in [-0.25, -0.2) is 9.78 Å². The molecular weight excluding hydrogens is 422 g/mol. The van der Waals surface area contributed by atoms with Crippen molar-refractivity contribution in [3.63, 3.8) is 0 Å². The zero-order chi connectivity index (χ0) is 20.7. The molecule has 8 heteroatoms. The van der Waals surface area contributed by atoms with Gasteiger partial charge < -0.3 is 9.32 Å². The number of amides is 1. The van der Waals surface area contributed by atoms with Crippen LogP contribution in [0, 0.1) is 0 Å². The van der Waals surface area contributed by atoms with E-state index in [4.69, 9.17) is 21.0 Å². The van der Waals surface area contributed by atoms with Gasteiger partial charge in [0.15, 0.2) is 5.58 Å². The third-order valence-electron chi connectivity index (χ3n) is 5.61. The van der Waals surface area contributed by atoms with Gasteiger partial charge >= 0.3 is 5.76 Å². The van der Waals surface area contributed by atoms with Crippen molar-refractivity contribution in [2.24, 2.45) is 0 Å². The molecule has 0 saturated carbocycles. The number of thiazole rings is 1. The first-order valence-electron chi connectivity index (χ1n) is 10.0. The van der Waals surface area contributed by atoms with E-state index in [0.29, 0.717) is 22.7 Å². The third-order valence-corrected chi connectivity index (χ3v) is 7.05. The summed E-state index contributed by atoms with van der Waals surface area (Å²) < 4.78 is 7.93. The number of nitrogens with zero attached hydrogens (tertiary/aromatic N) is 3.